The number of rotatable bonds is 4. The van der Waals surface area contributed by atoms with Gasteiger partial charge >= 0.3 is 0 Å². The Balaban J connectivity index is 4.24. The summed E-state index contributed by atoms with van der Waals surface area (Å²) in [5.41, 5.74) is -0.191. The fraction of sp³-hybridized carbons (Fsp3) is 0.700. The zero-order valence-electron chi connectivity index (χ0n) is 9.35. The standard InChI is InChI=1S/C10H20N2O/c1-7-9(13)11-10(2,3)8-12(4,5)6/h7H,1,8H2,2-6H3/p+1. The largest absolute Gasteiger partial charge is 0.342 e. The summed E-state index contributed by atoms with van der Waals surface area (Å²) in [5, 5.41) is 2.89. The minimum absolute atomic E-state index is 0.113. The number of carbonyl (C=O) groups is 1. The van der Waals surface area contributed by atoms with Crippen LogP contribution in [0.4, 0.5) is 0 Å². The third kappa shape index (κ3) is 6.34. The minimum atomic E-state index is -0.191. The molecule has 3 nitrogen and oxygen atoms in total. The first-order valence-electron chi connectivity index (χ1n) is 4.41. The highest BCUT2D eigenvalue weighted by molar-refractivity contribution is 5.87. The molecule has 0 aromatic carbocycles. The molecule has 1 N–H and O–H groups in total. The SMILES string of the molecule is C=CC(=O)NC(C)(C)C[N+](C)(C)C. The molecule has 0 aliphatic rings. The van der Waals surface area contributed by atoms with Crippen LogP contribution in [0.3, 0.4) is 0 Å². The van der Waals surface area contributed by atoms with Gasteiger partial charge in [-0.2, -0.15) is 0 Å². The highest BCUT2D eigenvalue weighted by Gasteiger charge is 2.26. The van der Waals surface area contributed by atoms with Gasteiger partial charge in [0, 0.05) is 0 Å². The van der Waals surface area contributed by atoms with Gasteiger partial charge in [-0.25, -0.2) is 0 Å². The molecule has 0 saturated carbocycles. The first-order chi connectivity index (χ1) is 5.66. The Bertz CT molecular complexity index is 201. The van der Waals surface area contributed by atoms with Crippen molar-refractivity contribution in [3.05, 3.63) is 12.7 Å². The molecule has 0 atom stereocenters. The number of quaternary nitrogens is 1. The molecule has 0 aliphatic heterocycles. The summed E-state index contributed by atoms with van der Waals surface area (Å²) < 4.78 is 0.824. The van der Waals surface area contributed by atoms with Gasteiger partial charge in [-0.1, -0.05) is 6.58 Å². The maximum atomic E-state index is 11.1. The average Bonchev–Trinajstić information content (AvgIpc) is 1.80. The minimum Gasteiger partial charge on any atom is -0.342 e. The molecule has 0 heterocycles. The van der Waals surface area contributed by atoms with E-state index in [9.17, 15) is 4.79 Å². The molecule has 3 heteroatoms. The van der Waals surface area contributed by atoms with E-state index in [4.69, 9.17) is 0 Å². The van der Waals surface area contributed by atoms with Crippen LogP contribution in [0.15, 0.2) is 12.7 Å². The fourth-order valence-corrected chi connectivity index (χ4v) is 1.61. The Morgan fingerprint density at radius 3 is 2.23 bits per heavy atom. The van der Waals surface area contributed by atoms with Gasteiger partial charge in [0.25, 0.3) is 0 Å². The zero-order valence-corrected chi connectivity index (χ0v) is 9.35. The van der Waals surface area contributed by atoms with Gasteiger partial charge in [0.1, 0.15) is 6.54 Å². The number of likely N-dealkylation sites (N-methyl/N-ethyl adjacent to an activating group) is 1. The Hall–Kier alpha value is -0.830. The van der Waals surface area contributed by atoms with E-state index >= 15 is 0 Å². The van der Waals surface area contributed by atoms with Crippen molar-refractivity contribution >= 4 is 5.91 Å². The highest BCUT2D eigenvalue weighted by atomic mass is 16.1. The second-order valence-corrected chi connectivity index (χ2v) is 5.03. The monoisotopic (exact) mass is 185 g/mol. The van der Waals surface area contributed by atoms with Crippen LogP contribution in [0.2, 0.25) is 0 Å². The Labute approximate surface area is 81.0 Å². The van der Waals surface area contributed by atoms with Gasteiger partial charge in [0.2, 0.25) is 5.91 Å². The lowest BCUT2D eigenvalue weighted by atomic mass is 10.0. The van der Waals surface area contributed by atoms with E-state index in [0.717, 1.165) is 11.0 Å². The molecule has 0 aliphatic carbocycles. The lowest BCUT2D eigenvalue weighted by Crippen LogP contribution is -2.55. The third-order valence-corrected chi connectivity index (χ3v) is 1.52. The maximum absolute atomic E-state index is 11.1. The van der Waals surface area contributed by atoms with Crippen molar-refractivity contribution in [2.24, 2.45) is 0 Å². The summed E-state index contributed by atoms with van der Waals surface area (Å²) in [6.45, 7) is 8.33. The first kappa shape index (κ1) is 12.2. The average molecular weight is 185 g/mol. The van der Waals surface area contributed by atoms with Crippen molar-refractivity contribution in [3.63, 3.8) is 0 Å². The summed E-state index contributed by atoms with van der Waals surface area (Å²) in [7, 11) is 6.30. The molecule has 0 bridgehead atoms. The molecule has 0 saturated heterocycles. The van der Waals surface area contributed by atoms with E-state index in [1.807, 2.05) is 13.8 Å². The number of nitrogens with zero attached hydrogens (tertiary/aromatic N) is 1. The van der Waals surface area contributed by atoms with Crippen LogP contribution in [-0.4, -0.2) is 43.6 Å². The van der Waals surface area contributed by atoms with Crippen molar-refractivity contribution in [1.82, 2.24) is 5.32 Å². The quantitative estimate of drug-likeness (QED) is 0.509. The van der Waals surface area contributed by atoms with Crippen LogP contribution < -0.4 is 5.32 Å². The molecule has 0 rings (SSSR count). The van der Waals surface area contributed by atoms with E-state index in [1.54, 1.807) is 0 Å². The molecule has 0 radical (unpaired) electrons. The molecule has 1 amide bonds. The molecule has 0 fully saturated rings. The van der Waals surface area contributed by atoms with Crippen molar-refractivity contribution in [3.8, 4) is 0 Å². The van der Waals surface area contributed by atoms with Gasteiger partial charge in [0.15, 0.2) is 0 Å². The molecule has 13 heavy (non-hydrogen) atoms. The third-order valence-electron chi connectivity index (χ3n) is 1.52. The smallest absolute Gasteiger partial charge is 0.243 e. The lowest BCUT2D eigenvalue weighted by molar-refractivity contribution is -0.873. The molecule has 0 aromatic rings. The number of hydrogen-bond acceptors (Lipinski definition) is 1. The van der Waals surface area contributed by atoms with Crippen LogP contribution in [0.1, 0.15) is 13.8 Å². The van der Waals surface area contributed by atoms with Crippen LogP contribution in [0, 0.1) is 0 Å². The molecular weight excluding hydrogens is 164 g/mol. The summed E-state index contributed by atoms with van der Waals surface area (Å²) in [6.07, 6.45) is 1.30. The van der Waals surface area contributed by atoms with Crippen molar-refractivity contribution < 1.29 is 9.28 Å². The molecular formula is C10H21N2O+. The number of nitrogens with one attached hydrogen (secondary N) is 1. The van der Waals surface area contributed by atoms with E-state index in [-0.39, 0.29) is 11.4 Å². The summed E-state index contributed by atoms with van der Waals surface area (Å²) >= 11 is 0. The van der Waals surface area contributed by atoms with E-state index in [1.165, 1.54) is 6.08 Å². The van der Waals surface area contributed by atoms with Gasteiger partial charge < -0.3 is 9.80 Å². The number of carbonyl (C=O) groups excluding carboxylic acids is 1. The predicted molar refractivity (Wildman–Crippen MR) is 55.3 cm³/mol. The van der Waals surface area contributed by atoms with Crippen LogP contribution in [0.5, 0.6) is 0 Å². The normalized spacial score (nSPS) is 12.4. The van der Waals surface area contributed by atoms with Crippen molar-refractivity contribution in [2.75, 3.05) is 27.7 Å². The Morgan fingerprint density at radius 1 is 1.46 bits per heavy atom. The Morgan fingerprint density at radius 2 is 1.92 bits per heavy atom. The van der Waals surface area contributed by atoms with Crippen molar-refractivity contribution in [2.45, 2.75) is 19.4 Å². The lowest BCUT2D eigenvalue weighted by Gasteiger charge is -2.34. The van der Waals surface area contributed by atoms with E-state index in [0.29, 0.717) is 0 Å². The van der Waals surface area contributed by atoms with Gasteiger partial charge in [-0.3, -0.25) is 4.79 Å². The van der Waals surface area contributed by atoms with Gasteiger partial charge in [0.05, 0.1) is 26.7 Å². The fourth-order valence-electron chi connectivity index (χ4n) is 1.61. The number of hydrogen-bond donors (Lipinski definition) is 1. The second-order valence-electron chi connectivity index (χ2n) is 5.03. The summed E-state index contributed by atoms with van der Waals surface area (Å²) in [4.78, 5) is 11.1. The van der Waals surface area contributed by atoms with Crippen LogP contribution in [-0.2, 0) is 4.79 Å². The maximum Gasteiger partial charge on any atom is 0.243 e. The van der Waals surface area contributed by atoms with E-state index < -0.39 is 0 Å². The van der Waals surface area contributed by atoms with Crippen molar-refractivity contribution in [1.29, 1.82) is 0 Å². The zero-order chi connectivity index (χ0) is 10.7. The van der Waals surface area contributed by atoms with E-state index in [2.05, 4.69) is 33.0 Å². The molecule has 0 unspecified atom stereocenters. The highest BCUT2D eigenvalue weighted by Crippen LogP contribution is 2.07. The second kappa shape index (κ2) is 3.92. The van der Waals surface area contributed by atoms with Gasteiger partial charge in [-0.05, 0) is 19.9 Å². The summed E-state index contributed by atoms with van der Waals surface area (Å²) in [5.74, 6) is -0.113. The first-order valence-corrected chi connectivity index (χ1v) is 4.41. The molecule has 0 spiro atoms. The molecule has 76 valence electrons. The summed E-state index contributed by atoms with van der Waals surface area (Å²) in [6, 6.07) is 0. The van der Waals surface area contributed by atoms with Crippen LogP contribution in [0.25, 0.3) is 0 Å². The molecule has 0 aromatic heterocycles. The topological polar surface area (TPSA) is 29.1 Å². The number of amides is 1. The van der Waals surface area contributed by atoms with Crippen LogP contribution >= 0.6 is 0 Å². The van der Waals surface area contributed by atoms with Gasteiger partial charge in [-0.15, -0.1) is 0 Å². The predicted octanol–water partition coefficient (Wildman–Crippen LogP) is 0.773. The Kier molecular flexibility index (Phi) is 3.67.